The second-order valence-electron chi connectivity index (χ2n) is 6.89. The first-order chi connectivity index (χ1) is 10.3. The van der Waals surface area contributed by atoms with Gasteiger partial charge in [0.05, 0.1) is 12.0 Å². The van der Waals surface area contributed by atoms with Crippen molar-refractivity contribution in [2.24, 2.45) is 10.5 Å². The summed E-state index contributed by atoms with van der Waals surface area (Å²) in [5, 5.41) is 3.47. The van der Waals surface area contributed by atoms with Crippen LogP contribution in [0.25, 0.3) is 10.4 Å². The predicted molar refractivity (Wildman–Crippen MR) is 78.0 cm³/mol. The number of cyclic esters (lactones) is 1. The zero-order valence-electron chi connectivity index (χ0n) is 13.2. The molecule has 0 N–H and O–H groups in total. The molecule has 2 aliphatic rings. The molecular weight excluding hydrogens is 288 g/mol. The van der Waals surface area contributed by atoms with E-state index in [1.54, 1.807) is 4.90 Å². The summed E-state index contributed by atoms with van der Waals surface area (Å²) < 4.78 is 10.6. The third-order valence-corrected chi connectivity index (χ3v) is 4.05. The van der Waals surface area contributed by atoms with E-state index in [1.807, 2.05) is 20.8 Å². The molecule has 0 aromatic heterocycles. The Balaban J connectivity index is 1.92. The van der Waals surface area contributed by atoms with Crippen molar-refractivity contribution in [2.75, 3.05) is 19.6 Å². The number of carbonyl (C=O) groups is 2. The minimum atomic E-state index is -0.547. The summed E-state index contributed by atoms with van der Waals surface area (Å²) in [6.07, 6.45) is 0.957. The zero-order valence-corrected chi connectivity index (χ0v) is 13.2. The number of amides is 1. The number of likely N-dealkylation sites (tertiary alicyclic amines) is 1. The minimum absolute atomic E-state index is 0.166. The number of esters is 1. The molecule has 122 valence electrons. The van der Waals surface area contributed by atoms with Gasteiger partial charge in [-0.25, -0.2) is 4.79 Å². The van der Waals surface area contributed by atoms with E-state index in [-0.39, 0.29) is 24.7 Å². The van der Waals surface area contributed by atoms with Crippen LogP contribution in [0, 0.1) is 5.41 Å². The van der Waals surface area contributed by atoms with Crippen LogP contribution in [0.3, 0.4) is 0 Å². The van der Waals surface area contributed by atoms with Crippen molar-refractivity contribution in [1.82, 2.24) is 4.90 Å². The lowest BCUT2D eigenvalue weighted by molar-refractivity contribution is -0.150. The molecule has 0 unspecified atom stereocenters. The van der Waals surface area contributed by atoms with E-state index < -0.39 is 11.0 Å². The van der Waals surface area contributed by atoms with E-state index >= 15 is 0 Å². The van der Waals surface area contributed by atoms with Crippen LogP contribution in [0.1, 0.15) is 40.0 Å². The van der Waals surface area contributed by atoms with E-state index in [1.165, 1.54) is 0 Å². The maximum atomic E-state index is 12.1. The van der Waals surface area contributed by atoms with E-state index in [0.717, 1.165) is 0 Å². The number of azide groups is 1. The lowest BCUT2D eigenvalue weighted by Crippen LogP contribution is -2.46. The average Bonchev–Trinajstić information content (AvgIpc) is 2.72. The summed E-state index contributed by atoms with van der Waals surface area (Å²) in [6.45, 7) is 6.58. The largest absolute Gasteiger partial charge is 0.462 e. The second-order valence-corrected chi connectivity index (χ2v) is 6.89. The van der Waals surface area contributed by atoms with Gasteiger partial charge in [-0.15, -0.1) is 0 Å². The van der Waals surface area contributed by atoms with E-state index in [0.29, 0.717) is 32.4 Å². The molecule has 0 aromatic carbocycles. The topological polar surface area (TPSA) is 105 Å². The van der Waals surface area contributed by atoms with Crippen LogP contribution >= 0.6 is 0 Å². The summed E-state index contributed by atoms with van der Waals surface area (Å²) in [5.41, 5.74) is 7.27. The second kappa shape index (κ2) is 6.04. The highest BCUT2D eigenvalue weighted by Crippen LogP contribution is 2.43. The van der Waals surface area contributed by atoms with Crippen molar-refractivity contribution < 1.29 is 19.1 Å². The van der Waals surface area contributed by atoms with Gasteiger partial charge in [0.2, 0.25) is 0 Å². The van der Waals surface area contributed by atoms with Crippen molar-refractivity contribution in [3.05, 3.63) is 10.4 Å². The first-order valence-corrected chi connectivity index (χ1v) is 7.46. The molecule has 22 heavy (non-hydrogen) atoms. The molecule has 8 nitrogen and oxygen atoms in total. The Labute approximate surface area is 129 Å². The van der Waals surface area contributed by atoms with Crippen LogP contribution in [0.5, 0.6) is 0 Å². The van der Waals surface area contributed by atoms with Gasteiger partial charge < -0.3 is 14.4 Å². The highest BCUT2D eigenvalue weighted by Gasteiger charge is 2.50. The number of carbonyl (C=O) groups excluding carboxylic acids is 2. The van der Waals surface area contributed by atoms with Crippen LogP contribution in [-0.4, -0.2) is 48.3 Å². The third kappa shape index (κ3) is 3.62. The van der Waals surface area contributed by atoms with Gasteiger partial charge in [0, 0.05) is 24.4 Å². The number of piperidine rings is 1. The molecule has 0 aliphatic carbocycles. The lowest BCUT2D eigenvalue weighted by atomic mass is 9.76. The normalized spacial score (nSPS) is 23.9. The van der Waals surface area contributed by atoms with Crippen molar-refractivity contribution in [3.8, 4) is 0 Å². The average molecular weight is 310 g/mol. The fourth-order valence-electron chi connectivity index (χ4n) is 2.92. The maximum absolute atomic E-state index is 12.1. The first-order valence-electron chi connectivity index (χ1n) is 7.46. The number of hydrogen-bond donors (Lipinski definition) is 0. The van der Waals surface area contributed by atoms with Crippen molar-refractivity contribution in [1.29, 1.82) is 0 Å². The molecule has 2 saturated heterocycles. The fourth-order valence-corrected chi connectivity index (χ4v) is 2.92. The Morgan fingerprint density at radius 1 is 1.50 bits per heavy atom. The fraction of sp³-hybridized carbons (Fsp3) is 0.857. The summed E-state index contributed by atoms with van der Waals surface area (Å²) in [5.74, 6) is -0.241. The maximum Gasteiger partial charge on any atom is 0.410 e. The minimum Gasteiger partial charge on any atom is -0.462 e. The summed E-state index contributed by atoms with van der Waals surface area (Å²) in [7, 11) is 0. The van der Waals surface area contributed by atoms with Crippen LogP contribution in [0.4, 0.5) is 4.79 Å². The highest BCUT2D eigenvalue weighted by atomic mass is 16.6. The van der Waals surface area contributed by atoms with E-state index in [4.69, 9.17) is 15.0 Å². The molecule has 0 aromatic rings. The first kappa shape index (κ1) is 16.4. The van der Waals surface area contributed by atoms with Crippen molar-refractivity contribution in [2.45, 2.75) is 51.7 Å². The smallest absolute Gasteiger partial charge is 0.410 e. The molecule has 2 heterocycles. The molecule has 2 fully saturated rings. The van der Waals surface area contributed by atoms with Gasteiger partial charge in [-0.05, 0) is 39.1 Å². The summed E-state index contributed by atoms with van der Waals surface area (Å²) in [4.78, 5) is 28.5. The van der Waals surface area contributed by atoms with Gasteiger partial charge in [0.25, 0.3) is 0 Å². The van der Waals surface area contributed by atoms with E-state index in [9.17, 15) is 9.59 Å². The number of ether oxygens (including phenoxy) is 2. The molecule has 0 radical (unpaired) electrons. The quantitative estimate of drug-likeness (QED) is 0.338. The SMILES string of the molecule is CC(C)(C)OC(=O)N1CCC2(CC1)C[C@@H](CN=[N+]=[N-])OC2=O. The Hall–Kier alpha value is -1.95. The number of nitrogens with zero attached hydrogens (tertiary/aromatic N) is 4. The molecule has 1 atom stereocenters. The molecule has 1 spiro atoms. The molecule has 8 heteroatoms. The predicted octanol–water partition coefficient (Wildman–Crippen LogP) is 2.63. The number of rotatable bonds is 2. The Morgan fingerprint density at radius 2 is 2.14 bits per heavy atom. The Bertz CT molecular complexity index is 499. The third-order valence-electron chi connectivity index (χ3n) is 4.05. The van der Waals surface area contributed by atoms with Gasteiger partial charge in [-0.2, -0.15) is 0 Å². The summed E-state index contributed by atoms with van der Waals surface area (Å²) in [6, 6.07) is 0. The number of hydrogen-bond acceptors (Lipinski definition) is 5. The zero-order chi connectivity index (χ0) is 16.4. The van der Waals surface area contributed by atoms with Gasteiger partial charge in [-0.1, -0.05) is 5.11 Å². The van der Waals surface area contributed by atoms with Crippen LogP contribution in [0.2, 0.25) is 0 Å². The van der Waals surface area contributed by atoms with Gasteiger partial charge >= 0.3 is 12.1 Å². The molecule has 2 aliphatic heterocycles. The van der Waals surface area contributed by atoms with Crippen LogP contribution in [-0.2, 0) is 14.3 Å². The standard InChI is InChI=1S/C14H22N4O4/c1-13(2,3)22-12(20)18-6-4-14(5-7-18)8-10(9-16-17-15)21-11(14)19/h10H,4-9H2,1-3H3/t10-/m0/s1. The highest BCUT2D eigenvalue weighted by molar-refractivity contribution is 5.79. The molecule has 1 amide bonds. The van der Waals surface area contributed by atoms with Gasteiger partial charge in [0.15, 0.2) is 0 Å². The lowest BCUT2D eigenvalue weighted by Gasteiger charge is -2.37. The van der Waals surface area contributed by atoms with Crippen molar-refractivity contribution >= 4 is 12.1 Å². The van der Waals surface area contributed by atoms with Crippen LogP contribution < -0.4 is 0 Å². The summed E-state index contributed by atoms with van der Waals surface area (Å²) >= 11 is 0. The van der Waals surface area contributed by atoms with Crippen molar-refractivity contribution in [3.63, 3.8) is 0 Å². The Morgan fingerprint density at radius 3 is 2.68 bits per heavy atom. The van der Waals surface area contributed by atoms with Gasteiger partial charge in [-0.3, -0.25) is 4.79 Å². The van der Waals surface area contributed by atoms with E-state index in [2.05, 4.69) is 10.0 Å². The monoisotopic (exact) mass is 310 g/mol. The molecule has 0 saturated carbocycles. The molecular formula is C14H22N4O4. The van der Waals surface area contributed by atoms with Gasteiger partial charge in [0.1, 0.15) is 11.7 Å². The van der Waals surface area contributed by atoms with Crippen LogP contribution in [0.15, 0.2) is 5.11 Å². The molecule has 0 bridgehead atoms. The molecule has 2 rings (SSSR count). The Kier molecular flexibility index (Phi) is 4.51.